The molecule has 4 atom stereocenters. The molecule has 0 N–H and O–H groups in total. The van der Waals surface area contributed by atoms with Gasteiger partial charge in [-0.3, -0.25) is 0 Å². The maximum absolute atomic E-state index is 2.44. The van der Waals surface area contributed by atoms with E-state index in [1.54, 1.807) is 0 Å². The van der Waals surface area contributed by atoms with Crippen molar-refractivity contribution in [3.05, 3.63) is 0 Å². The number of hydrogen-bond donors (Lipinski definition) is 0. The first kappa shape index (κ1) is 10.1. The predicted octanol–water partition coefficient (Wildman–Crippen LogP) is 4.10. The minimum Gasteiger partial charge on any atom is -0.0651 e. The van der Waals surface area contributed by atoms with Gasteiger partial charge >= 0.3 is 0 Å². The van der Waals surface area contributed by atoms with E-state index in [0.29, 0.717) is 0 Å². The maximum Gasteiger partial charge on any atom is -0.0358 e. The van der Waals surface area contributed by atoms with Crippen molar-refractivity contribution in [1.82, 2.24) is 0 Å². The molecule has 0 bridgehead atoms. The Kier molecular flexibility index (Phi) is 3.61. The monoisotopic (exact) mass is 168 g/mol. The van der Waals surface area contributed by atoms with E-state index in [1.807, 2.05) is 0 Å². The molecule has 0 aromatic rings. The topological polar surface area (TPSA) is 0 Å². The van der Waals surface area contributed by atoms with Gasteiger partial charge in [-0.2, -0.15) is 0 Å². The fraction of sp³-hybridized carbons (Fsp3) is 1.00. The first-order chi connectivity index (χ1) is 5.69. The van der Waals surface area contributed by atoms with Gasteiger partial charge in [0.2, 0.25) is 0 Å². The smallest absolute Gasteiger partial charge is 0.0358 e. The van der Waals surface area contributed by atoms with Crippen molar-refractivity contribution in [2.75, 3.05) is 0 Å². The molecule has 0 aromatic carbocycles. The molecular formula is C12H24. The van der Waals surface area contributed by atoms with Crippen LogP contribution in [0.2, 0.25) is 0 Å². The Morgan fingerprint density at radius 2 is 1.92 bits per heavy atom. The van der Waals surface area contributed by atoms with Crippen LogP contribution in [0.1, 0.15) is 53.4 Å². The fourth-order valence-corrected chi connectivity index (χ4v) is 2.91. The van der Waals surface area contributed by atoms with E-state index < -0.39 is 0 Å². The highest BCUT2D eigenvalue weighted by Gasteiger charge is 2.33. The Balaban J connectivity index is 2.51. The average Bonchev–Trinajstić information content (AvgIpc) is 2.45. The molecule has 0 saturated heterocycles. The highest BCUT2D eigenvalue weighted by Crippen LogP contribution is 2.42. The summed E-state index contributed by atoms with van der Waals surface area (Å²) in [6.45, 7) is 9.55. The number of hydrogen-bond acceptors (Lipinski definition) is 0. The largest absolute Gasteiger partial charge is 0.0651 e. The molecule has 1 fully saturated rings. The summed E-state index contributed by atoms with van der Waals surface area (Å²) in [7, 11) is 0. The zero-order valence-electron chi connectivity index (χ0n) is 9.14. The van der Waals surface area contributed by atoms with Crippen LogP contribution in [-0.2, 0) is 0 Å². The molecule has 4 unspecified atom stereocenters. The molecule has 0 heterocycles. The third kappa shape index (κ3) is 2.02. The molecule has 1 aliphatic carbocycles. The summed E-state index contributed by atoms with van der Waals surface area (Å²) < 4.78 is 0. The van der Waals surface area contributed by atoms with Crippen molar-refractivity contribution >= 4 is 0 Å². The lowest BCUT2D eigenvalue weighted by atomic mass is 9.82. The minimum atomic E-state index is 0.958. The second kappa shape index (κ2) is 4.30. The van der Waals surface area contributed by atoms with Crippen LogP contribution in [0.3, 0.4) is 0 Å². The third-order valence-electron chi connectivity index (χ3n) is 3.88. The Morgan fingerprint density at radius 3 is 2.42 bits per heavy atom. The van der Waals surface area contributed by atoms with Gasteiger partial charge in [0.25, 0.3) is 0 Å². The normalized spacial score (nSPS) is 38.5. The van der Waals surface area contributed by atoms with Crippen molar-refractivity contribution in [3.8, 4) is 0 Å². The maximum atomic E-state index is 2.44. The molecule has 12 heavy (non-hydrogen) atoms. The van der Waals surface area contributed by atoms with Crippen LogP contribution in [0.5, 0.6) is 0 Å². The lowest BCUT2D eigenvalue weighted by Crippen LogP contribution is -2.15. The van der Waals surface area contributed by atoms with Crippen molar-refractivity contribution in [2.45, 2.75) is 53.4 Å². The Morgan fingerprint density at radius 1 is 1.25 bits per heavy atom. The quantitative estimate of drug-likeness (QED) is 0.595. The van der Waals surface area contributed by atoms with E-state index in [9.17, 15) is 0 Å². The zero-order valence-corrected chi connectivity index (χ0v) is 9.14. The number of rotatable bonds is 3. The van der Waals surface area contributed by atoms with Crippen LogP contribution in [-0.4, -0.2) is 0 Å². The summed E-state index contributed by atoms with van der Waals surface area (Å²) in [5.41, 5.74) is 0. The molecule has 0 amide bonds. The Hall–Kier alpha value is 0. The van der Waals surface area contributed by atoms with Crippen molar-refractivity contribution in [2.24, 2.45) is 23.7 Å². The molecule has 1 aliphatic rings. The lowest BCUT2D eigenvalue weighted by molar-refractivity contribution is 0.265. The standard InChI is InChI=1S/C12H24/c1-5-10(4)12-8-9(3)7-11(12)6-2/h9-12H,5-8H2,1-4H3. The van der Waals surface area contributed by atoms with Crippen LogP contribution < -0.4 is 0 Å². The average molecular weight is 168 g/mol. The molecular weight excluding hydrogens is 144 g/mol. The first-order valence-corrected chi connectivity index (χ1v) is 5.69. The van der Waals surface area contributed by atoms with E-state index in [0.717, 1.165) is 23.7 Å². The Labute approximate surface area is 77.7 Å². The highest BCUT2D eigenvalue weighted by atomic mass is 14.4. The second-order valence-corrected chi connectivity index (χ2v) is 4.79. The summed E-state index contributed by atoms with van der Waals surface area (Å²) in [5, 5.41) is 0. The zero-order chi connectivity index (χ0) is 9.14. The summed E-state index contributed by atoms with van der Waals surface area (Å²) in [4.78, 5) is 0. The minimum absolute atomic E-state index is 0.958. The fourth-order valence-electron chi connectivity index (χ4n) is 2.91. The van der Waals surface area contributed by atoms with Gasteiger partial charge in [-0.15, -0.1) is 0 Å². The van der Waals surface area contributed by atoms with Gasteiger partial charge in [-0.05, 0) is 36.5 Å². The third-order valence-corrected chi connectivity index (χ3v) is 3.88. The van der Waals surface area contributed by atoms with Gasteiger partial charge in [0, 0.05) is 0 Å². The Bertz CT molecular complexity index is 128. The molecule has 0 spiro atoms. The molecule has 72 valence electrons. The van der Waals surface area contributed by atoms with Crippen LogP contribution in [0.25, 0.3) is 0 Å². The lowest BCUT2D eigenvalue weighted by Gasteiger charge is -2.23. The van der Waals surface area contributed by atoms with E-state index >= 15 is 0 Å². The summed E-state index contributed by atoms with van der Waals surface area (Å²) in [6.07, 6.45) is 5.76. The molecule has 0 heteroatoms. The van der Waals surface area contributed by atoms with Crippen molar-refractivity contribution in [1.29, 1.82) is 0 Å². The van der Waals surface area contributed by atoms with E-state index in [2.05, 4.69) is 27.7 Å². The van der Waals surface area contributed by atoms with Gasteiger partial charge in [0.05, 0.1) is 0 Å². The van der Waals surface area contributed by atoms with Crippen molar-refractivity contribution < 1.29 is 0 Å². The predicted molar refractivity (Wildman–Crippen MR) is 55.1 cm³/mol. The van der Waals surface area contributed by atoms with Crippen LogP contribution in [0.4, 0.5) is 0 Å². The second-order valence-electron chi connectivity index (χ2n) is 4.79. The van der Waals surface area contributed by atoms with E-state index in [1.165, 1.54) is 25.7 Å². The summed E-state index contributed by atoms with van der Waals surface area (Å²) >= 11 is 0. The molecule has 1 saturated carbocycles. The van der Waals surface area contributed by atoms with Crippen molar-refractivity contribution in [3.63, 3.8) is 0 Å². The molecule has 0 nitrogen and oxygen atoms in total. The van der Waals surface area contributed by atoms with Crippen LogP contribution in [0.15, 0.2) is 0 Å². The van der Waals surface area contributed by atoms with Gasteiger partial charge in [0.1, 0.15) is 0 Å². The molecule has 0 aliphatic heterocycles. The SMILES string of the molecule is CCC(C)C1CC(C)CC1CC. The molecule has 1 rings (SSSR count). The van der Waals surface area contributed by atoms with Gasteiger partial charge in [-0.1, -0.05) is 40.5 Å². The molecule has 0 aromatic heterocycles. The molecule has 0 radical (unpaired) electrons. The van der Waals surface area contributed by atoms with Gasteiger partial charge < -0.3 is 0 Å². The van der Waals surface area contributed by atoms with E-state index in [-0.39, 0.29) is 0 Å². The van der Waals surface area contributed by atoms with Gasteiger partial charge in [0.15, 0.2) is 0 Å². The van der Waals surface area contributed by atoms with Crippen LogP contribution >= 0.6 is 0 Å². The van der Waals surface area contributed by atoms with Crippen LogP contribution in [0, 0.1) is 23.7 Å². The summed E-state index contributed by atoms with van der Waals surface area (Å²) in [5.74, 6) is 4.03. The van der Waals surface area contributed by atoms with Gasteiger partial charge in [-0.25, -0.2) is 0 Å². The first-order valence-electron chi connectivity index (χ1n) is 5.69. The van der Waals surface area contributed by atoms with E-state index in [4.69, 9.17) is 0 Å². The summed E-state index contributed by atoms with van der Waals surface area (Å²) in [6, 6.07) is 0. The highest BCUT2D eigenvalue weighted by molar-refractivity contribution is 4.83.